The van der Waals surface area contributed by atoms with Crippen molar-refractivity contribution in [2.75, 3.05) is 18.0 Å². The van der Waals surface area contributed by atoms with Crippen molar-refractivity contribution in [2.24, 2.45) is 0 Å². The van der Waals surface area contributed by atoms with Gasteiger partial charge in [-0.2, -0.15) is 0 Å². The second kappa shape index (κ2) is 6.85. The zero-order valence-electron chi connectivity index (χ0n) is 16.1. The van der Waals surface area contributed by atoms with Crippen molar-refractivity contribution < 1.29 is 13.9 Å². The first kappa shape index (κ1) is 18.1. The predicted molar refractivity (Wildman–Crippen MR) is 106 cm³/mol. The van der Waals surface area contributed by atoms with Crippen LogP contribution >= 0.6 is 0 Å². The zero-order chi connectivity index (χ0) is 20.0. The van der Waals surface area contributed by atoms with Crippen LogP contribution in [0.3, 0.4) is 0 Å². The molecular formula is C23H22FN3O2. The van der Waals surface area contributed by atoms with E-state index in [-0.39, 0.29) is 24.0 Å². The van der Waals surface area contributed by atoms with Crippen molar-refractivity contribution in [3.05, 3.63) is 59.5 Å². The maximum Gasteiger partial charge on any atom is 0.257 e. The van der Waals surface area contributed by atoms with Crippen molar-refractivity contribution in [3.63, 3.8) is 0 Å². The van der Waals surface area contributed by atoms with Crippen LogP contribution in [0, 0.1) is 18.2 Å². The number of hydrogen-bond donors (Lipinski definition) is 0. The predicted octanol–water partition coefficient (Wildman–Crippen LogP) is 3.26. The normalized spacial score (nSPS) is 25.3. The van der Waals surface area contributed by atoms with Gasteiger partial charge in [0, 0.05) is 37.7 Å². The van der Waals surface area contributed by atoms with E-state index < -0.39 is 11.4 Å². The monoisotopic (exact) mass is 391 g/mol. The highest BCUT2D eigenvalue weighted by Crippen LogP contribution is 2.47. The Bertz CT molecular complexity index is 979. The molecule has 1 aromatic heterocycles. The highest BCUT2D eigenvalue weighted by atomic mass is 19.1. The van der Waals surface area contributed by atoms with Gasteiger partial charge in [0.05, 0.1) is 6.04 Å². The number of carbonyl (C=O) groups is 1. The van der Waals surface area contributed by atoms with Crippen molar-refractivity contribution in [2.45, 2.75) is 43.6 Å². The summed E-state index contributed by atoms with van der Waals surface area (Å²) in [5.74, 6) is 2.32. The standard InChI is InChI=1S/C23H22FN3O2/c1-2-16-14-18(24)21(25-15-16)26-12-10-23(11-13-26)22(28)27-19(8-9-20(27)29-23)17-6-4-3-5-7-17/h1,3-7,14-15,19-20H,8-13H2/t19-,20+/m0/s1. The van der Waals surface area contributed by atoms with Gasteiger partial charge in [-0.15, -0.1) is 6.42 Å². The molecule has 3 fully saturated rings. The molecule has 3 saturated heterocycles. The summed E-state index contributed by atoms with van der Waals surface area (Å²) in [7, 11) is 0. The first-order chi connectivity index (χ1) is 14.1. The lowest BCUT2D eigenvalue weighted by Gasteiger charge is -2.38. The molecule has 0 saturated carbocycles. The van der Waals surface area contributed by atoms with E-state index >= 15 is 0 Å². The van der Waals surface area contributed by atoms with E-state index in [1.165, 1.54) is 12.3 Å². The van der Waals surface area contributed by atoms with Gasteiger partial charge in [-0.1, -0.05) is 36.3 Å². The number of aromatic nitrogens is 1. The summed E-state index contributed by atoms with van der Waals surface area (Å²) in [6.45, 7) is 1.03. The average molecular weight is 391 g/mol. The Morgan fingerprint density at radius 2 is 1.97 bits per heavy atom. The van der Waals surface area contributed by atoms with E-state index in [2.05, 4.69) is 23.0 Å². The zero-order valence-corrected chi connectivity index (χ0v) is 16.1. The molecule has 2 aromatic rings. The lowest BCUT2D eigenvalue weighted by molar-refractivity contribution is -0.140. The first-order valence-electron chi connectivity index (χ1n) is 10.0. The topological polar surface area (TPSA) is 45.7 Å². The van der Waals surface area contributed by atoms with Gasteiger partial charge in [0.1, 0.15) is 6.23 Å². The molecule has 2 atom stereocenters. The number of rotatable bonds is 2. The van der Waals surface area contributed by atoms with Gasteiger partial charge in [0.25, 0.3) is 5.91 Å². The van der Waals surface area contributed by atoms with E-state index in [1.54, 1.807) is 0 Å². The summed E-state index contributed by atoms with van der Waals surface area (Å²) in [5, 5.41) is 0. The van der Waals surface area contributed by atoms with Gasteiger partial charge in [-0.25, -0.2) is 9.37 Å². The van der Waals surface area contributed by atoms with Gasteiger partial charge in [-0.05, 0) is 24.5 Å². The Hall–Kier alpha value is -2.91. The van der Waals surface area contributed by atoms with Crippen LogP contribution in [0.5, 0.6) is 0 Å². The molecule has 5 nitrogen and oxygen atoms in total. The van der Waals surface area contributed by atoms with Gasteiger partial charge in [0.2, 0.25) is 0 Å². The van der Waals surface area contributed by atoms with E-state index in [1.807, 2.05) is 28.0 Å². The minimum atomic E-state index is -0.802. The number of pyridine rings is 1. The van der Waals surface area contributed by atoms with E-state index in [9.17, 15) is 9.18 Å². The molecule has 29 heavy (non-hydrogen) atoms. The fraction of sp³-hybridized carbons (Fsp3) is 0.391. The molecule has 3 aliphatic heterocycles. The van der Waals surface area contributed by atoms with Gasteiger partial charge >= 0.3 is 0 Å². The van der Waals surface area contributed by atoms with Crippen LogP contribution in [-0.4, -0.2) is 40.7 Å². The van der Waals surface area contributed by atoms with E-state index in [4.69, 9.17) is 11.2 Å². The lowest BCUT2D eigenvalue weighted by atomic mass is 9.89. The molecule has 0 bridgehead atoms. The molecule has 6 heteroatoms. The van der Waals surface area contributed by atoms with Crippen molar-refractivity contribution in [1.29, 1.82) is 0 Å². The number of hydrogen-bond acceptors (Lipinski definition) is 4. The molecule has 5 rings (SSSR count). The lowest BCUT2D eigenvalue weighted by Crippen LogP contribution is -2.50. The molecular weight excluding hydrogens is 369 g/mol. The fourth-order valence-electron chi connectivity index (χ4n) is 4.87. The maximum atomic E-state index is 14.4. The number of halogens is 1. The molecule has 3 aliphatic rings. The Kier molecular flexibility index (Phi) is 4.29. The third-order valence-corrected chi connectivity index (χ3v) is 6.36. The summed E-state index contributed by atoms with van der Waals surface area (Å²) < 4.78 is 20.7. The molecule has 0 radical (unpaired) electrons. The summed E-state index contributed by atoms with van der Waals surface area (Å²) in [6.07, 6.45) is 9.46. The second-order valence-corrected chi connectivity index (χ2v) is 7.94. The molecule has 0 aliphatic carbocycles. The van der Waals surface area contributed by atoms with Gasteiger partial charge in [-0.3, -0.25) is 4.79 Å². The number of amides is 1. The minimum absolute atomic E-state index is 0.0709. The van der Waals surface area contributed by atoms with Crippen molar-refractivity contribution in [3.8, 4) is 12.3 Å². The van der Waals surface area contributed by atoms with Crippen molar-refractivity contribution in [1.82, 2.24) is 9.88 Å². The number of fused-ring (bicyclic) bond motifs is 1. The van der Waals surface area contributed by atoms with E-state index in [0.29, 0.717) is 31.5 Å². The number of anilines is 1. The number of piperidine rings is 1. The van der Waals surface area contributed by atoms with Gasteiger partial charge < -0.3 is 14.5 Å². The van der Waals surface area contributed by atoms with Crippen LogP contribution in [-0.2, 0) is 9.53 Å². The third-order valence-electron chi connectivity index (χ3n) is 6.36. The number of ether oxygens (including phenoxy) is 1. The van der Waals surface area contributed by atoms with Gasteiger partial charge in [0.15, 0.2) is 17.2 Å². The second-order valence-electron chi connectivity index (χ2n) is 7.94. The Balaban J connectivity index is 1.33. The smallest absolute Gasteiger partial charge is 0.257 e. The molecule has 1 amide bonds. The number of carbonyl (C=O) groups excluding carboxylic acids is 1. The SMILES string of the molecule is C#Cc1cnc(N2CCC3(CC2)O[C@@H]2CC[C@@H](c4ccccc4)N2C3=O)c(F)c1. The molecule has 148 valence electrons. The van der Waals surface area contributed by atoms with E-state index in [0.717, 1.165) is 18.4 Å². The maximum absolute atomic E-state index is 14.4. The summed E-state index contributed by atoms with van der Waals surface area (Å²) in [6, 6.07) is 11.5. The molecule has 4 heterocycles. The quantitative estimate of drug-likeness (QED) is 0.738. The molecule has 0 N–H and O–H groups in total. The van der Waals surface area contributed by atoms with Crippen LogP contribution in [0.25, 0.3) is 0 Å². The first-order valence-corrected chi connectivity index (χ1v) is 10.0. The van der Waals surface area contributed by atoms with Crippen LogP contribution in [0.4, 0.5) is 10.2 Å². The number of terminal acetylenes is 1. The highest BCUT2D eigenvalue weighted by molar-refractivity contribution is 5.88. The summed E-state index contributed by atoms with van der Waals surface area (Å²) in [4.78, 5) is 21.4. The Labute approximate surface area is 169 Å². The van der Waals surface area contributed by atoms with Crippen LogP contribution in [0.1, 0.15) is 42.9 Å². The fourth-order valence-corrected chi connectivity index (χ4v) is 4.87. The Morgan fingerprint density at radius 1 is 1.21 bits per heavy atom. The Morgan fingerprint density at radius 3 is 2.66 bits per heavy atom. The van der Waals surface area contributed by atoms with Crippen molar-refractivity contribution >= 4 is 11.7 Å². The summed E-state index contributed by atoms with van der Waals surface area (Å²) >= 11 is 0. The largest absolute Gasteiger partial charge is 0.354 e. The molecule has 1 aromatic carbocycles. The average Bonchev–Trinajstić information content (AvgIpc) is 3.28. The molecule has 1 spiro atoms. The third kappa shape index (κ3) is 2.89. The summed E-state index contributed by atoms with van der Waals surface area (Å²) in [5.41, 5.74) is 0.770. The van der Waals surface area contributed by atoms with Crippen LogP contribution in [0.15, 0.2) is 42.6 Å². The molecule has 0 unspecified atom stereocenters. The van der Waals surface area contributed by atoms with Crippen LogP contribution in [0.2, 0.25) is 0 Å². The van der Waals surface area contributed by atoms with Crippen LogP contribution < -0.4 is 4.90 Å². The minimum Gasteiger partial charge on any atom is -0.354 e. The number of nitrogens with zero attached hydrogens (tertiary/aromatic N) is 3. The number of benzene rings is 1. The highest BCUT2D eigenvalue weighted by Gasteiger charge is 2.58.